The summed E-state index contributed by atoms with van der Waals surface area (Å²) < 4.78 is 1.79. The Bertz CT molecular complexity index is 458. The number of rotatable bonds is 5. The lowest BCUT2D eigenvalue weighted by atomic mass is 10.1. The van der Waals surface area contributed by atoms with Crippen molar-refractivity contribution in [1.29, 1.82) is 0 Å². The molecule has 0 radical (unpaired) electrons. The number of likely N-dealkylation sites (N-methyl/N-ethyl adjacent to an activating group) is 1. The average Bonchev–Trinajstić information content (AvgIpc) is 3.08. The molecule has 98 valence electrons. The van der Waals surface area contributed by atoms with Gasteiger partial charge in [0, 0.05) is 37.0 Å². The van der Waals surface area contributed by atoms with E-state index in [1.807, 2.05) is 26.1 Å². The first-order valence-corrected chi connectivity index (χ1v) is 6.44. The van der Waals surface area contributed by atoms with E-state index in [0.717, 1.165) is 18.4 Å². The van der Waals surface area contributed by atoms with E-state index >= 15 is 0 Å². The zero-order chi connectivity index (χ0) is 13.3. The largest absolute Gasteiger partial charge is 0.344 e. The maximum atomic E-state index is 11.9. The molecule has 1 aromatic rings. The van der Waals surface area contributed by atoms with Gasteiger partial charge in [-0.15, -0.1) is 0 Å². The molecule has 0 spiro atoms. The van der Waals surface area contributed by atoms with Crippen LogP contribution >= 0.6 is 0 Å². The van der Waals surface area contributed by atoms with Gasteiger partial charge in [0.1, 0.15) is 6.54 Å². The lowest BCUT2D eigenvalue weighted by Crippen LogP contribution is -2.35. The molecule has 0 N–H and O–H groups in total. The second kappa shape index (κ2) is 4.96. The first kappa shape index (κ1) is 12.9. The van der Waals surface area contributed by atoms with Gasteiger partial charge in [0.2, 0.25) is 5.91 Å². The fraction of sp³-hybridized carbons (Fsp3) is 0.571. The Morgan fingerprint density at radius 2 is 2.11 bits per heavy atom. The summed E-state index contributed by atoms with van der Waals surface area (Å²) in [6.45, 7) is 4.26. The molecule has 4 heteroatoms. The highest BCUT2D eigenvalue weighted by Gasteiger charge is 2.30. The number of carbonyl (C=O) groups is 2. The van der Waals surface area contributed by atoms with Gasteiger partial charge < -0.3 is 9.47 Å². The van der Waals surface area contributed by atoms with Gasteiger partial charge in [-0.1, -0.05) is 0 Å². The number of nitrogens with zero attached hydrogens (tertiary/aromatic N) is 2. The first-order valence-electron chi connectivity index (χ1n) is 6.44. The smallest absolute Gasteiger partial charge is 0.242 e. The molecule has 4 nitrogen and oxygen atoms in total. The lowest BCUT2D eigenvalue weighted by molar-refractivity contribution is -0.131. The normalized spacial score (nSPS) is 14.9. The predicted octanol–water partition coefficient (Wildman–Crippen LogP) is 1.95. The fourth-order valence-corrected chi connectivity index (χ4v) is 1.82. The third-order valence-electron chi connectivity index (χ3n) is 3.47. The Hall–Kier alpha value is -1.58. The van der Waals surface area contributed by atoms with Crippen molar-refractivity contribution in [2.45, 2.75) is 39.3 Å². The molecule has 2 rings (SSSR count). The van der Waals surface area contributed by atoms with Crippen LogP contribution in [0.2, 0.25) is 0 Å². The molecule has 1 fully saturated rings. The SMILES string of the molecule is CC(C)N(C)C(=O)Cn1ccc(C(=O)C2CC2)c1. The van der Waals surface area contributed by atoms with Gasteiger partial charge in [0.05, 0.1) is 0 Å². The highest BCUT2D eigenvalue weighted by atomic mass is 16.2. The molecule has 0 saturated heterocycles. The quantitative estimate of drug-likeness (QED) is 0.747. The van der Waals surface area contributed by atoms with Crippen molar-refractivity contribution in [3.05, 3.63) is 24.0 Å². The van der Waals surface area contributed by atoms with Gasteiger partial charge in [-0.3, -0.25) is 9.59 Å². The Morgan fingerprint density at radius 1 is 1.44 bits per heavy atom. The Kier molecular flexibility index (Phi) is 3.55. The highest BCUT2D eigenvalue weighted by Crippen LogP contribution is 2.32. The van der Waals surface area contributed by atoms with Crippen LogP contribution in [0.3, 0.4) is 0 Å². The number of hydrogen-bond donors (Lipinski definition) is 0. The second-order valence-corrected chi connectivity index (χ2v) is 5.31. The van der Waals surface area contributed by atoms with Gasteiger partial charge in [0.25, 0.3) is 0 Å². The van der Waals surface area contributed by atoms with E-state index in [9.17, 15) is 9.59 Å². The monoisotopic (exact) mass is 248 g/mol. The Morgan fingerprint density at radius 3 is 2.67 bits per heavy atom. The van der Waals surface area contributed by atoms with E-state index in [-0.39, 0.29) is 23.7 Å². The molecule has 18 heavy (non-hydrogen) atoms. The number of ketones is 1. The molecule has 1 heterocycles. The van der Waals surface area contributed by atoms with Crippen molar-refractivity contribution in [2.75, 3.05) is 7.05 Å². The zero-order valence-electron chi connectivity index (χ0n) is 11.2. The Labute approximate surface area is 108 Å². The summed E-state index contributed by atoms with van der Waals surface area (Å²) in [5, 5.41) is 0. The summed E-state index contributed by atoms with van der Waals surface area (Å²) in [4.78, 5) is 25.4. The topological polar surface area (TPSA) is 42.3 Å². The summed E-state index contributed by atoms with van der Waals surface area (Å²) in [6.07, 6.45) is 5.62. The van der Waals surface area contributed by atoms with Crippen LogP contribution in [0.5, 0.6) is 0 Å². The van der Waals surface area contributed by atoms with Crippen LogP contribution in [0.25, 0.3) is 0 Å². The van der Waals surface area contributed by atoms with Gasteiger partial charge in [-0.05, 0) is 32.8 Å². The number of aromatic nitrogens is 1. The van der Waals surface area contributed by atoms with E-state index in [4.69, 9.17) is 0 Å². The summed E-state index contributed by atoms with van der Waals surface area (Å²) in [6, 6.07) is 2.00. The zero-order valence-corrected chi connectivity index (χ0v) is 11.2. The van der Waals surface area contributed by atoms with Crippen molar-refractivity contribution in [3.63, 3.8) is 0 Å². The molecule has 0 aromatic carbocycles. The third kappa shape index (κ3) is 2.81. The van der Waals surface area contributed by atoms with Gasteiger partial charge in [-0.25, -0.2) is 0 Å². The van der Waals surface area contributed by atoms with Crippen LogP contribution in [0.4, 0.5) is 0 Å². The minimum atomic E-state index is 0.0611. The average molecular weight is 248 g/mol. The van der Waals surface area contributed by atoms with Gasteiger partial charge in [-0.2, -0.15) is 0 Å². The minimum absolute atomic E-state index is 0.0611. The van der Waals surface area contributed by atoms with Crippen molar-refractivity contribution in [1.82, 2.24) is 9.47 Å². The maximum Gasteiger partial charge on any atom is 0.242 e. The van der Waals surface area contributed by atoms with Crippen LogP contribution < -0.4 is 0 Å². The second-order valence-electron chi connectivity index (χ2n) is 5.31. The van der Waals surface area contributed by atoms with Gasteiger partial charge in [0.15, 0.2) is 5.78 Å². The van der Waals surface area contributed by atoms with Crippen molar-refractivity contribution in [3.8, 4) is 0 Å². The van der Waals surface area contributed by atoms with Crippen LogP contribution in [0.1, 0.15) is 37.0 Å². The number of Topliss-reactive ketones (excluding diaryl/α,β-unsaturated/α-hetero) is 1. The number of hydrogen-bond acceptors (Lipinski definition) is 2. The molecular weight excluding hydrogens is 228 g/mol. The Balaban J connectivity index is 1.98. The lowest BCUT2D eigenvalue weighted by Gasteiger charge is -2.21. The molecule has 0 unspecified atom stereocenters. The third-order valence-corrected chi connectivity index (χ3v) is 3.47. The molecule has 0 aliphatic heterocycles. The molecule has 1 aliphatic rings. The summed E-state index contributed by atoms with van der Waals surface area (Å²) in [7, 11) is 1.80. The van der Waals surface area contributed by atoms with Gasteiger partial charge >= 0.3 is 0 Å². The van der Waals surface area contributed by atoms with Crippen LogP contribution in [0.15, 0.2) is 18.5 Å². The van der Waals surface area contributed by atoms with E-state index < -0.39 is 0 Å². The van der Waals surface area contributed by atoms with Crippen LogP contribution in [0, 0.1) is 5.92 Å². The summed E-state index contributed by atoms with van der Waals surface area (Å²) in [5.41, 5.74) is 0.734. The summed E-state index contributed by atoms with van der Waals surface area (Å²) >= 11 is 0. The fourth-order valence-electron chi connectivity index (χ4n) is 1.82. The molecule has 1 saturated carbocycles. The minimum Gasteiger partial charge on any atom is -0.344 e. The molecular formula is C14H20N2O2. The van der Waals surface area contributed by atoms with Crippen molar-refractivity contribution < 1.29 is 9.59 Å². The van der Waals surface area contributed by atoms with E-state index in [2.05, 4.69) is 0 Å². The highest BCUT2D eigenvalue weighted by molar-refractivity contribution is 5.99. The molecule has 1 aliphatic carbocycles. The molecule has 1 aromatic heterocycles. The van der Waals surface area contributed by atoms with Crippen molar-refractivity contribution in [2.24, 2.45) is 5.92 Å². The molecule has 0 bridgehead atoms. The standard InChI is InChI=1S/C14H20N2O2/c1-10(2)15(3)13(17)9-16-7-6-12(8-16)14(18)11-4-5-11/h6-8,10-11H,4-5,9H2,1-3H3. The van der Waals surface area contributed by atoms with Crippen molar-refractivity contribution >= 4 is 11.7 Å². The molecule has 1 amide bonds. The predicted molar refractivity (Wildman–Crippen MR) is 69.4 cm³/mol. The van der Waals surface area contributed by atoms with Crippen LogP contribution in [-0.2, 0) is 11.3 Å². The maximum absolute atomic E-state index is 11.9. The number of carbonyl (C=O) groups excluding carboxylic acids is 2. The van der Waals surface area contributed by atoms with E-state index in [1.54, 1.807) is 22.7 Å². The van der Waals surface area contributed by atoms with E-state index in [0.29, 0.717) is 6.54 Å². The van der Waals surface area contributed by atoms with Crippen LogP contribution in [-0.4, -0.2) is 34.2 Å². The summed E-state index contributed by atoms with van der Waals surface area (Å²) in [5.74, 6) is 0.513. The van der Waals surface area contributed by atoms with E-state index in [1.165, 1.54) is 0 Å². The first-order chi connectivity index (χ1) is 8.49. The molecule has 0 atom stereocenters. The number of amides is 1.